The molecule has 0 aliphatic heterocycles. The molecule has 0 saturated carbocycles. The van der Waals surface area contributed by atoms with Crippen LogP contribution in [0.1, 0.15) is 33.6 Å². The zero-order valence-corrected chi connectivity index (χ0v) is 7.73. The van der Waals surface area contributed by atoms with E-state index in [0.717, 1.165) is 6.42 Å². The van der Waals surface area contributed by atoms with Crippen molar-refractivity contribution in [1.29, 1.82) is 0 Å². The van der Waals surface area contributed by atoms with Crippen LogP contribution < -0.4 is 5.48 Å². The lowest BCUT2D eigenvalue weighted by atomic mass is 9.91. The molecular weight excluding hydrogens is 142 g/mol. The highest BCUT2D eigenvalue weighted by Gasteiger charge is 2.13. The fourth-order valence-electron chi connectivity index (χ4n) is 0.642. The molecule has 0 rings (SSSR count). The van der Waals surface area contributed by atoms with E-state index in [1.165, 1.54) is 0 Å². The lowest BCUT2D eigenvalue weighted by molar-refractivity contribution is -0.150. The SMILES string of the molecule is CNOC(=O)CCC(C)(C)C. The van der Waals surface area contributed by atoms with Crippen molar-refractivity contribution >= 4 is 5.97 Å². The predicted molar refractivity (Wildman–Crippen MR) is 43.8 cm³/mol. The van der Waals surface area contributed by atoms with Crippen LogP contribution in [0.4, 0.5) is 0 Å². The van der Waals surface area contributed by atoms with Gasteiger partial charge in [-0.15, -0.1) is 0 Å². The maximum Gasteiger partial charge on any atom is 0.324 e. The monoisotopic (exact) mass is 159 g/mol. The molecule has 0 fully saturated rings. The predicted octanol–water partition coefficient (Wildman–Crippen LogP) is 1.49. The van der Waals surface area contributed by atoms with Gasteiger partial charge in [0.25, 0.3) is 0 Å². The van der Waals surface area contributed by atoms with Gasteiger partial charge in [0, 0.05) is 13.5 Å². The number of hydroxylamine groups is 1. The molecule has 0 aliphatic rings. The van der Waals surface area contributed by atoms with Crippen molar-refractivity contribution in [2.45, 2.75) is 33.6 Å². The maximum atomic E-state index is 10.8. The summed E-state index contributed by atoms with van der Waals surface area (Å²) in [6.07, 6.45) is 1.33. The van der Waals surface area contributed by atoms with Gasteiger partial charge in [0.15, 0.2) is 0 Å². The molecule has 3 heteroatoms. The second-order valence-corrected chi connectivity index (χ2v) is 3.74. The van der Waals surface area contributed by atoms with Crippen LogP contribution in [0.15, 0.2) is 0 Å². The number of carbonyl (C=O) groups excluding carboxylic acids is 1. The third kappa shape index (κ3) is 7.33. The average molecular weight is 159 g/mol. The van der Waals surface area contributed by atoms with Crippen LogP contribution in [0.25, 0.3) is 0 Å². The largest absolute Gasteiger partial charge is 0.371 e. The maximum absolute atomic E-state index is 10.8. The first-order chi connectivity index (χ1) is 4.95. The smallest absolute Gasteiger partial charge is 0.324 e. The van der Waals surface area contributed by atoms with Crippen LogP contribution in [0.5, 0.6) is 0 Å². The van der Waals surface area contributed by atoms with E-state index in [2.05, 4.69) is 31.1 Å². The summed E-state index contributed by atoms with van der Waals surface area (Å²) in [5, 5.41) is 0. The molecule has 0 radical (unpaired) electrons. The van der Waals surface area contributed by atoms with E-state index >= 15 is 0 Å². The molecule has 0 amide bonds. The van der Waals surface area contributed by atoms with Gasteiger partial charge in [-0.1, -0.05) is 20.8 Å². The van der Waals surface area contributed by atoms with Gasteiger partial charge >= 0.3 is 5.97 Å². The number of nitrogens with one attached hydrogen (secondary N) is 1. The molecule has 66 valence electrons. The van der Waals surface area contributed by atoms with Gasteiger partial charge in [-0.3, -0.25) is 4.79 Å². The van der Waals surface area contributed by atoms with Crippen molar-refractivity contribution in [3.8, 4) is 0 Å². The highest BCUT2D eigenvalue weighted by atomic mass is 16.7. The Morgan fingerprint density at radius 1 is 1.45 bits per heavy atom. The Hall–Kier alpha value is -0.570. The van der Waals surface area contributed by atoms with E-state index in [-0.39, 0.29) is 11.4 Å². The van der Waals surface area contributed by atoms with Gasteiger partial charge in [0.05, 0.1) is 0 Å². The molecule has 0 heterocycles. The summed E-state index contributed by atoms with van der Waals surface area (Å²) in [5.41, 5.74) is 2.56. The second-order valence-electron chi connectivity index (χ2n) is 3.74. The minimum absolute atomic E-state index is 0.192. The summed E-state index contributed by atoms with van der Waals surface area (Å²) < 4.78 is 0. The van der Waals surface area contributed by atoms with Crippen molar-refractivity contribution < 1.29 is 9.63 Å². The molecule has 0 spiro atoms. The third-order valence-corrected chi connectivity index (χ3v) is 1.30. The van der Waals surface area contributed by atoms with Crippen LogP contribution in [0, 0.1) is 5.41 Å². The van der Waals surface area contributed by atoms with Crippen molar-refractivity contribution in [1.82, 2.24) is 5.48 Å². The van der Waals surface area contributed by atoms with E-state index in [1.807, 2.05) is 0 Å². The molecule has 0 aromatic heterocycles. The standard InChI is InChI=1S/C8H17NO2/c1-8(2,3)6-5-7(10)11-9-4/h9H,5-6H2,1-4H3. The van der Waals surface area contributed by atoms with Gasteiger partial charge in [-0.25, -0.2) is 0 Å². The normalized spacial score (nSPS) is 11.3. The summed E-state index contributed by atoms with van der Waals surface area (Å²) in [5.74, 6) is -0.192. The van der Waals surface area contributed by atoms with Crippen LogP contribution >= 0.6 is 0 Å². The topological polar surface area (TPSA) is 38.3 Å². The molecule has 0 aliphatic carbocycles. The van der Waals surface area contributed by atoms with Gasteiger partial charge in [-0.05, 0) is 11.8 Å². The molecule has 0 aromatic carbocycles. The van der Waals surface area contributed by atoms with Crippen LogP contribution in [-0.4, -0.2) is 13.0 Å². The Bertz CT molecular complexity index is 127. The molecular formula is C8H17NO2. The van der Waals surface area contributed by atoms with Crippen molar-refractivity contribution in [2.24, 2.45) is 5.41 Å². The Kier molecular flexibility index (Phi) is 4.11. The molecule has 0 aromatic rings. The zero-order valence-electron chi connectivity index (χ0n) is 7.73. The summed E-state index contributed by atoms with van der Waals surface area (Å²) in [6.45, 7) is 6.29. The third-order valence-electron chi connectivity index (χ3n) is 1.30. The van der Waals surface area contributed by atoms with E-state index in [1.54, 1.807) is 7.05 Å². The van der Waals surface area contributed by atoms with Gasteiger partial charge < -0.3 is 4.84 Å². The Morgan fingerprint density at radius 2 is 2.00 bits per heavy atom. The average Bonchev–Trinajstić information content (AvgIpc) is 1.83. The van der Waals surface area contributed by atoms with Crippen molar-refractivity contribution in [3.63, 3.8) is 0 Å². The first-order valence-corrected chi connectivity index (χ1v) is 3.82. The highest BCUT2D eigenvalue weighted by molar-refractivity contribution is 5.68. The quantitative estimate of drug-likeness (QED) is 0.634. The Morgan fingerprint density at radius 3 is 2.36 bits per heavy atom. The van der Waals surface area contributed by atoms with E-state index in [0.29, 0.717) is 6.42 Å². The molecule has 11 heavy (non-hydrogen) atoms. The number of carbonyl (C=O) groups is 1. The number of hydrogen-bond acceptors (Lipinski definition) is 3. The second kappa shape index (κ2) is 4.34. The number of hydrogen-bond donors (Lipinski definition) is 1. The molecule has 0 unspecified atom stereocenters. The van der Waals surface area contributed by atoms with Gasteiger partial charge in [-0.2, -0.15) is 5.48 Å². The zero-order chi connectivity index (χ0) is 8.91. The molecule has 0 atom stereocenters. The molecule has 0 saturated heterocycles. The van der Waals surface area contributed by atoms with Crippen LogP contribution in [0.3, 0.4) is 0 Å². The highest BCUT2D eigenvalue weighted by Crippen LogP contribution is 2.20. The Balaban J connectivity index is 3.46. The van der Waals surface area contributed by atoms with Crippen molar-refractivity contribution in [2.75, 3.05) is 7.05 Å². The van der Waals surface area contributed by atoms with E-state index < -0.39 is 0 Å². The first-order valence-electron chi connectivity index (χ1n) is 3.82. The van der Waals surface area contributed by atoms with Gasteiger partial charge in [0.1, 0.15) is 0 Å². The summed E-state index contributed by atoms with van der Waals surface area (Å²) in [6, 6.07) is 0. The number of rotatable bonds is 3. The first kappa shape index (κ1) is 10.4. The summed E-state index contributed by atoms with van der Waals surface area (Å²) in [4.78, 5) is 15.4. The minimum Gasteiger partial charge on any atom is -0.371 e. The summed E-state index contributed by atoms with van der Waals surface area (Å²) >= 11 is 0. The van der Waals surface area contributed by atoms with Crippen LogP contribution in [-0.2, 0) is 9.63 Å². The molecule has 3 nitrogen and oxygen atoms in total. The van der Waals surface area contributed by atoms with Crippen LogP contribution in [0.2, 0.25) is 0 Å². The fraction of sp³-hybridized carbons (Fsp3) is 0.875. The van der Waals surface area contributed by atoms with E-state index in [9.17, 15) is 4.79 Å². The summed E-state index contributed by atoms with van der Waals surface area (Å²) in [7, 11) is 1.58. The lowest BCUT2D eigenvalue weighted by Gasteiger charge is -2.16. The lowest BCUT2D eigenvalue weighted by Crippen LogP contribution is -2.17. The minimum atomic E-state index is -0.192. The van der Waals surface area contributed by atoms with Crippen molar-refractivity contribution in [3.05, 3.63) is 0 Å². The van der Waals surface area contributed by atoms with Gasteiger partial charge in [0.2, 0.25) is 0 Å². The molecule has 1 N–H and O–H groups in total. The van der Waals surface area contributed by atoms with E-state index in [4.69, 9.17) is 0 Å². The molecule has 0 bridgehead atoms. The fourth-order valence-corrected chi connectivity index (χ4v) is 0.642. The Labute approximate surface area is 68.1 Å².